The van der Waals surface area contributed by atoms with E-state index in [1.165, 1.54) is 4.90 Å². The van der Waals surface area contributed by atoms with Crippen molar-refractivity contribution in [2.75, 3.05) is 0 Å². The van der Waals surface area contributed by atoms with E-state index in [2.05, 4.69) is 0 Å². The molecule has 1 aliphatic rings. The van der Waals surface area contributed by atoms with Crippen LogP contribution < -0.4 is 0 Å². The second kappa shape index (κ2) is 7.87. The van der Waals surface area contributed by atoms with E-state index in [1.807, 2.05) is 85.8 Å². The van der Waals surface area contributed by atoms with Crippen LogP contribution in [-0.2, 0) is 11.3 Å². The zero-order valence-electron chi connectivity index (χ0n) is 15.5. The molecule has 0 saturated carbocycles. The molecule has 0 N–H and O–H groups in total. The summed E-state index contributed by atoms with van der Waals surface area (Å²) in [5.74, 6) is -0.232. The second-order valence-electron chi connectivity index (χ2n) is 6.75. The summed E-state index contributed by atoms with van der Waals surface area (Å²) in [6.07, 6.45) is 3.79. The highest BCUT2D eigenvalue weighted by atomic mass is 32.2. The third-order valence-electron chi connectivity index (χ3n) is 4.58. The highest BCUT2D eigenvalue weighted by molar-refractivity contribution is 8.18. The van der Waals surface area contributed by atoms with E-state index in [1.54, 1.807) is 6.08 Å². The lowest BCUT2D eigenvalue weighted by Crippen LogP contribution is -2.27. The third kappa shape index (κ3) is 3.92. The Balaban J connectivity index is 1.54. The molecule has 4 heteroatoms. The molecular weight excluding hydrogens is 366 g/mol. The van der Waals surface area contributed by atoms with Crippen LogP contribution in [0.4, 0.5) is 4.79 Å². The topological polar surface area (TPSA) is 37.4 Å². The lowest BCUT2D eigenvalue weighted by atomic mass is 10.1. The molecule has 0 bridgehead atoms. The molecule has 0 radical (unpaired) electrons. The molecule has 3 nitrogen and oxygen atoms in total. The van der Waals surface area contributed by atoms with Gasteiger partial charge in [-0.3, -0.25) is 14.5 Å². The molecule has 28 heavy (non-hydrogen) atoms. The average Bonchev–Trinajstić information content (AvgIpc) is 2.96. The molecule has 1 heterocycles. The lowest BCUT2D eigenvalue weighted by Gasteiger charge is -2.13. The van der Waals surface area contributed by atoms with E-state index in [0.717, 1.165) is 39.2 Å². The Kier molecular flexibility index (Phi) is 5.13. The van der Waals surface area contributed by atoms with Gasteiger partial charge in [-0.2, -0.15) is 0 Å². The van der Waals surface area contributed by atoms with Crippen molar-refractivity contribution in [3.63, 3.8) is 0 Å². The fraction of sp³-hybridized carbons (Fsp3) is 0.0833. The SMILES string of the molecule is CC(/C=C1\SC(=O)N(Cc2ccc3ccccc3c2)C1=O)=C\c1ccccc1. The Morgan fingerprint density at radius 2 is 1.64 bits per heavy atom. The normalized spacial score (nSPS) is 16.4. The van der Waals surface area contributed by atoms with E-state index in [-0.39, 0.29) is 17.7 Å². The average molecular weight is 385 g/mol. The van der Waals surface area contributed by atoms with Gasteiger partial charge in [-0.05, 0) is 58.3 Å². The van der Waals surface area contributed by atoms with Gasteiger partial charge in [0.2, 0.25) is 0 Å². The Morgan fingerprint density at radius 1 is 0.929 bits per heavy atom. The number of hydrogen-bond donors (Lipinski definition) is 0. The van der Waals surface area contributed by atoms with Gasteiger partial charge in [-0.1, -0.05) is 72.8 Å². The molecule has 0 spiro atoms. The molecule has 0 atom stereocenters. The first-order chi connectivity index (χ1) is 13.6. The van der Waals surface area contributed by atoms with Crippen LogP contribution >= 0.6 is 11.8 Å². The molecule has 4 rings (SSSR count). The minimum absolute atomic E-state index is 0.225. The number of thioether (sulfide) groups is 1. The number of carbonyl (C=O) groups excluding carboxylic acids is 2. The second-order valence-corrected chi connectivity index (χ2v) is 7.74. The molecular formula is C24H19NO2S. The van der Waals surface area contributed by atoms with Crippen LogP contribution in [0.1, 0.15) is 18.1 Å². The van der Waals surface area contributed by atoms with Crippen molar-refractivity contribution in [3.8, 4) is 0 Å². The quantitative estimate of drug-likeness (QED) is 0.515. The Bertz CT molecular complexity index is 1120. The molecule has 138 valence electrons. The summed E-state index contributed by atoms with van der Waals surface area (Å²) in [5, 5.41) is 2.02. The molecule has 1 saturated heterocycles. The van der Waals surface area contributed by atoms with Gasteiger partial charge >= 0.3 is 0 Å². The van der Waals surface area contributed by atoms with Crippen LogP contribution in [0.2, 0.25) is 0 Å². The summed E-state index contributed by atoms with van der Waals surface area (Å²) in [6, 6.07) is 24.0. The zero-order chi connectivity index (χ0) is 19.5. The number of carbonyl (C=O) groups is 2. The molecule has 1 fully saturated rings. The summed E-state index contributed by atoms with van der Waals surface area (Å²) in [6.45, 7) is 2.22. The molecule has 0 aliphatic carbocycles. The summed E-state index contributed by atoms with van der Waals surface area (Å²) < 4.78 is 0. The van der Waals surface area contributed by atoms with Crippen molar-refractivity contribution in [1.82, 2.24) is 4.90 Å². The number of fused-ring (bicyclic) bond motifs is 1. The maximum atomic E-state index is 12.8. The van der Waals surface area contributed by atoms with Gasteiger partial charge < -0.3 is 0 Å². The van der Waals surface area contributed by atoms with Crippen LogP contribution in [-0.4, -0.2) is 16.0 Å². The van der Waals surface area contributed by atoms with E-state index < -0.39 is 0 Å². The zero-order valence-corrected chi connectivity index (χ0v) is 16.3. The Labute approximate surface area is 168 Å². The molecule has 3 aromatic rings. The van der Waals surface area contributed by atoms with Gasteiger partial charge in [0.05, 0.1) is 11.4 Å². The van der Waals surface area contributed by atoms with Crippen LogP contribution in [0.25, 0.3) is 16.8 Å². The van der Waals surface area contributed by atoms with E-state index in [9.17, 15) is 9.59 Å². The summed E-state index contributed by atoms with van der Waals surface area (Å²) >= 11 is 1.00. The van der Waals surface area contributed by atoms with Gasteiger partial charge in [0.15, 0.2) is 0 Å². The molecule has 1 aliphatic heterocycles. The van der Waals surface area contributed by atoms with E-state index in [4.69, 9.17) is 0 Å². The minimum Gasteiger partial charge on any atom is -0.268 e. The van der Waals surface area contributed by atoms with Crippen LogP contribution in [0.3, 0.4) is 0 Å². The monoisotopic (exact) mass is 385 g/mol. The fourth-order valence-corrected chi connectivity index (χ4v) is 4.10. The van der Waals surface area contributed by atoms with Crippen molar-refractivity contribution in [1.29, 1.82) is 0 Å². The van der Waals surface area contributed by atoms with Crippen molar-refractivity contribution < 1.29 is 9.59 Å². The number of imide groups is 1. The molecule has 3 aromatic carbocycles. The van der Waals surface area contributed by atoms with Crippen molar-refractivity contribution >= 4 is 39.8 Å². The van der Waals surface area contributed by atoms with E-state index >= 15 is 0 Å². The number of amides is 2. The van der Waals surface area contributed by atoms with Crippen molar-refractivity contribution in [3.05, 3.63) is 100 Å². The van der Waals surface area contributed by atoms with Gasteiger partial charge in [-0.15, -0.1) is 0 Å². The first-order valence-corrected chi connectivity index (χ1v) is 9.88. The van der Waals surface area contributed by atoms with Crippen LogP contribution in [0, 0.1) is 0 Å². The highest BCUT2D eigenvalue weighted by Crippen LogP contribution is 2.33. The molecule has 0 aromatic heterocycles. The van der Waals surface area contributed by atoms with Crippen LogP contribution in [0.5, 0.6) is 0 Å². The third-order valence-corrected chi connectivity index (χ3v) is 5.49. The van der Waals surface area contributed by atoms with Crippen LogP contribution in [0.15, 0.2) is 89.4 Å². The maximum absolute atomic E-state index is 12.8. The minimum atomic E-state index is -0.232. The predicted octanol–water partition coefficient (Wildman–Crippen LogP) is 6.02. The van der Waals surface area contributed by atoms with Gasteiger partial charge in [0.25, 0.3) is 11.1 Å². The van der Waals surface area contributed by atoms with Gasteiger partial charge in [-0.25, -0.2) is 0 Å². The molecule has 2 amide bonds. The van der Waals surface area contributed by atoms with Gasteiger partial charge in [0, 0.05) is 0 Å². The van der Waals surface area contributed by atoms with E-state index in [0.29, 0.717) is 4.91 Å². The molecule has 0 unspecified atom stereocenters. The first kappa shape index (κ1) is 18.3. The summed E-state index contributed by atoms with van der Waals surface area (Å²) in [4.78, 5) is 27.0. The maximum Gasteiger partial charge on any atom is 0.293 e. The fourth-order valence-electron chi connectivity index (χ4n) is 3.22. The van der Waals surface area contributed by atoms with Gasteiger partial charge in [0.1, 0.15) is 0 Å². The lowest BCUT2D eigenvalue weighted by molar-refractivity contribution is -0.123. The largest absolute Gasteiger partial charge is 0.293 e. The number of benzene rings is 3. The number of nitrogens with zero attached hydrogens (tertiary/aromatic N) is 1. The highest BCUT2D eigenvalue weighted by Gasteiger charge is 2.34. The smallest absolute Gasteiger partial charge is 0.268 e. The standard InChI is InChI=1S/C24H19NO2S/c1-17(13-18-7-3-2-4-8-18)14-22-23(26)25(24(27)28-22)16-19-11-12-20-9-5-6-10-21(20)15-19/h2-15H,16H2,1H3/b17-13+,22-14-. The predicted molar refractivity (Wildman–Crippen MR) is 116 cm³/mol. The number of rotatable bonds is 4. The van der Waals surface area contributed by atoms with Crippen molar-refractivity contribution in [2.45, 2.75) is 13.5 Å². The number of hydrogen-bond acceptors (Lipinski definition) is 3. The number of allylic oxidation sites excluding steroid dienone is 2. The van der Waals surface area contributed by atoms with Crippen molar-refractivity contribution in [2.24, 2.45) is 0 Å². The Morgan fingerprint density at radius 3 is 2.43 bits per heavy atom. The first-order valence-electron chi connectivity index (χ1n) is 9.06. The summed E-state index contributed by atoms with van der Waals surface area (Å²) in [5.41, 5.74) is 2.94. The Hall–Kier alpha value is -3.11. The summed E-state index contributed by atoms with van der Waals surface area (Å²) in [7, 11) is 0.